The first-order valence-electron chi connectivity index (χ1n) is 8.03. The minimum absolute atomic E-state index is 0.165. The van der Waals surface area contributed by atoms with E-state index >= 15 is 0 Å². The molecule has 2 N–H and O–H groups in total. The van der Waals surface area contributed by atoms with E-state index < -0.39 is 0 Å². The van der Waals surface area contributed by atoms with Gasteiger partial charge in [0.05, 0.1) is 5.02 Å². The molecule has 3 rings (SSSR count). The van der Waals surface area contributed by atoms with Crippen molar-refractivity contribution in [2.45, 2.75) is 6.92 Å². The van der Waals surface area contributed by atoms with E-state index in [-0.39, 0.29) is 12.5 Å². The lowest BCUT2D eigenvalue weighted by Gasteiger charge is -2.10. The number of carbonyl (C=O) groups excluding carboxylic acids is 1. The molecule has 0 radical (unpaired) electrons. The number of anilines is 3. The van der Waals surface area contributed by atoms with Crippen LogP contribution in [-0.2, 0) is 4.79 Å². The number of carbonyl (C=O) groups is 1. The van der Waals surface area contributed by atoms with Crippen LogP contribution in [0, 0.1) is 6.92 Å². The van der Waals surface area contributed by atoms with Gasteiger partial charge in [-0.3, -0.25) is 4.79 Å². The molecule has 1 amide bonds. The van der Waals surface area contributed by atoms with Crippen molar-refractivity contribution in [3.05, 3.63) is 70.6 Å². The van der Waals surface area contributed by atoms with Crippen LogP contribution >= 0.6 is 23.2 Å². The number of amides is 1. The fraction of sp³-hybridized carbons (Fsp3) is 0.105. The van der Waals surface area contributed by atoms with E-state index in [2.05, 4.69) is 20.6 Å². The summed E-state index contributed by atoms with van der Waals surface area (Å²) in [6.07, 6.45) is 1.50. The molecule has 0 saturated heterocycles. The molecule has 0 atom stereocenters. The molecule has 27 heavy (non-hydrogen) atoms. The number of halogens is 2. The van der Waals surface area contributed by atoms with Gasteiger partial charge in [0, 0.05) is 28.2 Å². The summed E-state index contributed by atoms with van der Waals surface area (Å²) in [7, 11) is 0. The third-order valence-electron chi connectivity index (χ3n) is 3.50. The zero-order valence-corrected chi connectivity index (χ0v) is 15.9. The molecule has 0 unspecified atom stereocenters. The Kier molecular flexibility index (Phi) is 6.11. The van der Waals surface area contributed by atoms with Crippen LogP contribution in [0.5, 0.6) is 5.75 Å². The number of nitrogens with zero attached hydrogens (tertiary/aromatic N) is 2. The summed E-state index contributed by atoms with van der Waals surface area (Å²) in [5.41, 5.74) is 2.36. The van der Waals surface area contributed by atoms with E-state index in [0.29, 0.717) is 27.3 Å². The number of ether oxygens (including phenoxy) is 1. The molecule has 0 aliphatic heterocycles. The second kappa shape index (κ2) is 8.70. The Bertz CT molecular complexity index is 949. The third kappa shape index (κ3) is 5.57. The van der Waals surface area contributed by atoms with Crippen LogP contribution in [-0.4, -0.2) is 22.5 Å². The SMILES string of the molecule is Cc1cc(Nc2ccc(NC(=O)COc3ccc(Cl)cc3Cl)cc2)ncn1. The molecule has 0 spiro atoms. The van der Waals surface area contributed by atoms with Crippen LogP contribution < -0.4 is 15.4 Å². The summed E-state index contributed by atoms with van der Waals surface area (Å²) in [5, 5.41) is 6.78. The highest BCUT2D eigenvalue weighted by atomic mass is 35.5. The lowest BCUT2D eigenvalue weighted by Crippen LogP contribution is -2.20. The average molecular weight is 403 g/mol. The molecule has 1 aromatic heterocycles. The minimum atomic E-state index is -0.298. The van der Waals surface area contributed by atoms with Crippen molar-refractivity contribution in [1.82, 2.24) is 9.97 Å². The number of aromatic nitrogens is 2. The molecule has 0 aliphatic rings. The monoisotopic (exact) mass is 402 g/mol. The van der Waals surface area contributed by atoms with Gasteiger partial charge >= 0.3 is 0 Å². The highest BCUT2D eigenvalue weighted by Crippen LogP contribution is 2.27. The van der Waals surface area contributed by atoms with Crippen LogP contribution in [0.15, 0.2) is 54.9 Å². The van der Waals surface area contributed by atoms with Gasteiger partial charge in [0.25, 0.3) is 5.91 Å². The van der Waals surface area contributed by atoms with Crippen LogP contribution in [0.3, 0.4) is 0 Å². The predicted molar refractivity (Wildman–Crippen MR) is 107 cm³/mol. The van der Waals surface area contributed by atoms with Crippen molar-refractivity contribution in [2.75, 3.05) is 17.2 Å². The molecule has 0 saturated carbocycles. The number of nitrogens with one attached hydrogen (secondary N) is 2. The third-order valence-corrected chi connectivity index (χ3v) is 4.03. The van der Waals surface area contributed by atoms with E-state index in [4.69, 9.17) is 27.9 Å². The molecular weight excluding hydrogens is 387 g/mol. The number of hydrogen-bond acceptors (Lipinski definition) is 5. The molecule has 1 heterocycles. The van der Waals surface area contributed by atoms with Crippen molar-refractivity contribution in [1.29, 1.82) is 0 Å². The Morgan fingerprint density at radius 2 is 1.78 bits per heavy atom. The fourth-order valence-electron chi connectivity index (χ4n) is 2.24. The van der Waals surface area contributed by atoms with E-state index in [1.807, 2.05) is 25.1 Å². The highest BCUT2D eigenvalue weighted by molar-refractivity contribution is 6.35. The van der Waals surface area contributed by atoms with Gasteiger partial charge in [-0.15, -0.1) is 0 Å². The van der Waals surface area contributed by atoms with Gasteiger partial charge in [-0.25, -0.2) is 9.97 Å². The quantitative estimate of drug-likeness (QED) is 0.615. The molecule has 6 nitrogen and oxygen atoms in total. The first-order chi connectivity index (χ1) is 13.0. The van der Waals surface area contributed by atoms with Gasteiger partial charge in [-0.05, 0) is 49.4 Å². The standard InChI is InChI=1S/C19H16Cl2N4O2/c1-12-8-18(23-11-22-12)24-14-3-5-15(6-4-14)25-19(26)10-27-17-7-2-13(20)9-16(17)21/h2-9,11H,10H2,1H3,(H,25,26)(H,22,23,24). The molecule has 2 aromatic carbocycles. The Morgan fingerprint density at radius 1 is 1.04 bits per heavy atom. The second-order valence-electron chi connectivity index (χ2n) is 5.66. The minimum Gasteiger partial charge on any atom is -0.482 e. The van der Waals surface area contributed by atoms with Crippen LogP contribution in [0.1, 0.15) is 5.69 Å². The van der Waals surface area contributed by atoms with E-state index in [1.54, 1.807) is 30.3 Å². The molecule has 0 aliphatic carbocycles. The summed E-state index contributed by atoms with van der Waals surface area (Å²) in [6.45, 7) is 1.73. The van der Waals surface area contributed by atoms with Crippen molar-refractivity contribution >= 4 is 46.3 Å². The molecule has 0 bridgehead atoms. The van der Waals surface area contributed by atoms with Crippen LogP contribution in [0.25, 0.3) is 0 Å². The average Bonchev–Trinajstić information content (AvgIpc) is 2.63. The smallest absolute Gasteiger partial charge is 0.262 e. The van der Waals surface area contributed by atoms with Crippen LogP contribution in [0.4, 0.5) is 17.2 Å². The maximum Gasteiger partial charge on any atom is 0.262 e. The van der Waals surface area contributed by atoms with Gasteiger partial charge in [0.15, 0.2) is 6.61 Å². The molecule has 138 valence electrons. The normalized spacial score (nSPS) is 10.3. The highest BCUT2D eigenvalue weighted by Gasteiger charge is 2.07. The lowest BCUT2D eigenvalue weighted by atomic mass is 10.2. The predicted octanol–water partition coefficient (Wildman–Crippen LogP) is 4.85. The second-order valence-corrected chi connectivity index (χ2v) is 6.50. The maximum atomic E-state index is 12.0. The van der Waals surface area contributed by atoms with Gasteiger partial charge in [0.1, 0.15) is 17.9 Å². The van der Waals surface area contributed by atoms with Gasteiger partial charge < -0.3 is 15.4 Å². The van der Waals surface area contributed by atoms with Crippen molar-refractivity contribution in [3.63, 3.8) is 0 Å². The number of rotatable bonds is 6. The summed E-state index contributed by atoms with van der Waals surface area (Å²) in [4.78, 5) is 20.2. The summed E-state index contributed by atoms with van der Waals surface area (Å²) < 4.78 is 5.41. The lowest BCUT2D eigenvalue weighted by molar-refractivity contribution is -0.118. The Balaban J connectivity index is 1.53. The maximum absolute atomic E-state index is 12.0. The van der Waals surface area contributed by atoms with E-state index in [9.17, 15) is 4.79 Å². The van der Waals surface area contributed by atoms with Crippen molar-refractivity contribution < 1.29 is 9.53 Å². The van der Waals surface area contributed by atoms with Gasteiger partial charge in [-0.1, -0.05) is 23.2 Å². The van der Waals surface area contributed by atoms with Crippen molar-refractivity contribution in [2.24, 2.45) is 0 Å². The summed E-state index contributed by atoms with van der Waals surface area (Å²) in [5.74, 6) is 0.802. The first-order valence-corrected chi connectivity index (χ1v) is 8.78. The van der Waals surface area contributed by atoms with E-state index in [0.717, 1.165) is 11.4 Å². The zero-order chi connectivity index (χ0) is 19.2. The Morgan fingerprint density at radius 3 is 2.48 bits per heavy atom. The van der Waals surface area contributed by atoms with Crippen molar-refractivity contribution in [3.8, 4) is 5.75 Å². The fourth-order valence-corrected chi connectivity index (χ4v) is 2.70. The molecular formula is C19H16Cl2N4O2. The molecule has 3 aromatic rings. The number of hydrogen-bond donors (Lipinski definition) is 2. The number of benzene rings is 2. The zero-order valence-electron chi connectivity index (χ0n) is 14.4. The number of aryl methyl sites for hydroxylation is 1. The topological polar surface area (TPSA) is 76.1 Å². The van der Waals surface area contributed by atoms with Gasteiger partial charge in [-0.2, -0.15) is 0 Å². The summed E-state index contributed by atoms with van der Waals surface area (Å²) in [6, 6.07) is 13.9. The van der Waals surface area contributed by atoms with Gasteiger partial charge in [0.2, 0.25) is 0 Å². The van der Waals surface area contributed by atoms with Crippen LogP contribution in [0.2, 0.25) is 10.0 Å². The molecule has 8 heteroatoms. The van der Waals surface area contributed by atoms with E-state index in [1.165, 1.54) is 6.33 Å². The Labute approximate surface area is 166 Å². The largest absolute Gasteiger partial charge is 0.482 e. The summed E-state index contributed by atoms with van der Waals surface area (Å²) >= 11 is 11.8. The first kappa shape index (κ1) is 18.9. The Hall–Kier alpha value is -2.83. The molecule has 0 fully saturated rings.